The van der Waals surface area contributed by atoms with E-state index in [2.05, 4.69) is 15.5 Å². The number of sulfonamides is 1. The van der Waals surface area contributed by atoms with E-state index in [4.69, 9.17) is 4.74 Å². The highest BCUT2D eigenvalue weighted by Gasteiger charge is 2.26. The second-order valence-electron chi connectivity index (χ2n) is 5.66. The van der Waals surface area contributed by atoms with Crippen LogP contribution >= 0.6 is 0 Å². The first-order valence-corrected chi connectivity index (χ1v) is 9.34. The Bertz CT molecular complexity index is 562. The Morgan fingerprint density at radius 3 is 2.86 bits per heavy atom. The van der Waals surface area contributed by atoms with Gasteiger partial charge in [0.05, 0.1) is 18.6 Å². The maximum absolute atomic E-state index is 11.6. The van der Waals surface area contributed by atoms with Crippen LogP contribution in [0.25, 0.3) is 0 Å². The highest BCUT2D eigenvalue weighted by atomic mass is 32.2. The van der Waals surface area contributed by atoms with Crippen LogP contribution in [0.5, 0.6) is 0 Å². The third kappa shape index (κ3) is 5.19. The predicted molar refractivity (Wildman–Crippen MR) is 85.2 cm³/mol. The Kier molecular flexibility index (Phi) is 6.10. The molecule has 1 aromatic rings. The molecule has 0 amide bonds. The number of aromatic nitrogens is 2. The van der Waals surface area contributed by atoms with Gasteiger partial charge in [0.1, 0.15) is 5.82 Å². The van der Waals surface area contributed by atoms with E-state index in [1.165, 1.54) is 6.26 Å². The predicted octanol–water partition coefficient (Wildman–Crippen LogP) is 0.749. The summed E-state index contributed by atoms with van der Waals surface area (Å²) in [5, 5.41) is 11.5. The molecule has 1 N–H and O–H groups in total. The summed E-state index contributed by atoms with van der Waals surface area (Å²) in [6.45, 7) is 2.51. The highest BCUT2D eigenvalue weighted by molar-refractivity contribution is 7.88. The number of ether oxygens (including phenoxy) is 1. The third-order valence-corrected chi connectivity index (χ3v) is 5.05. The summed E-state index contributed by atoms with van der Waals surface area (Å²) in [7, 11) is -1.44. The Labute approximate surface area is 132 Å². The Morgan fingerprint density at radius 1 is 1.41 bits per heavy atom. The second-order valence-corrected chi connectivity index (χ2v) is 7.65. The molecule has 1 saturated heterocycles. The van der Waals surface area contributed by atoms with Crippen LogP contribution in [-0.2, 0) is 21.2 Å². The summed E-state index contributed by atoms with van der Waals surface area (Å²) in [5.74, 6) is 1.03. The van der Waals surface area contributed by atoms with Crippen molar-refractivity contribution in [1.29, 1.82) is 0 Å². The van der Waals surface area contributed by atoms with Gasteiger partial charge in [-0.15, -0.1) is 5.10 Å². The van der Waals surface area contributed by atoms with Gasteiger partial charge in [0.25, 0.3) is 0 Å². The molecule has 0 bridgehead atoms. The molecule has 1 fully saturated rings. The van der Waals surface area contributed by atoms with E-state index in [-0.39, 0.29) is 0 Å². The molecule has 1 aliphatic rings. The fourth-order valence-electron chi connectivity index (χ4n) is 2.63. The van der Waals surface area contributed by atoms with E-state index in [1.54, 1.807) is 11.4 Å². The van der Waals surface area contributed by atoms with Crippen molar-refractivity contribution in [2.24, 2.45) is 5.92 Å². The molecule has 0 radical (unpaired) electrons. The first-order valence-electron chi connectivity index (χ1n) is 7.49. The Hall–Kier alpha value is -1.25. The van der Waals surface area contributed by atoms with Gasteiger partial charge in [-0.2, -0.15) is 5.10 Å². The lowest BCUT2D eigenvalue weighted by Crippen LogP contribution is -2.39. The zero-order chi connectivity index (χ0) is 16.0. The number of hydrogen-bond donors (Lipinski definition) is 1. The number of rotatable bonds is 7. The molecule has 7 nitrogen and oxygen atoms in total. The minimum absolute atomic E-state index is 0.310. The first-order chi connectivity index (χ1) is 10.5. The normalized spacial score (nSPS) is 20.0. The average molecular weight is 328 g/mol. The SMILES string of the molecule is COCCNc1ccc(CC2CCCN(S(C)(=O)=O)C2)nn1. The maximum Gasteiger partial charge on any atom is 0.211 e. The van der Waals surface area contributed by atoms with Gasteiger partial charge < -0.3 is 10.1 Å². The molecular weight excluding hydrogens is 304 g/mol. The smallest absolute Gasteiger partial charge is 0.211 e. The lowest BCUT2D eigenvalue weighted by atomic mass is 9.94. The quantitative estimate of drug-likeness (QED) is 0.744. The van der Waals surface area contributed by atoms with Gasteiger partial charge in [0.15, 0.2) is 0 Å². The summed E-state index contributed by atoms with van der Waals surface area (Å²) in [6, 6.07) is 3.84. The fraction of sp³-hybridized carbons (Fsp3) is 0.714. The summed E-state index contributed by atoms with van der Waals surface area (Å²) >= 11 is 0. The zero-order valence-corrected chi connectivity index (χ0v) is 14.0. The van der Waals surface area contributed by atoms with E-state index in [1.807, 2.05) is 12.1 Å². The Balaban J connectivity index is 1.87. The van der Waals surface area contributed by atoms with Crippen molar-refractivity contribution in [3.63, 3.8) is 0 Å². The van der Waals surface area contributed by atoms with Crippen molar-refractivity contribution in [3.05, 3.63) is 17.8 Å². The van der Waals surface area contributed by atoms with Gasteiger partial charge in [0, 0.05) is 26.7 Å². The number of methoxy groups -OCH3 is 1. The molecule has 1 atom stereocenters. The first kappa shape index (κ1) is 17.1. The third-order valence-electron chi connectivity index (χ3n) is 3.78. The van der Waals surface area contributed by atoms with Gasteiger partial charge in [0.2, 0.25) is 10.0 Å². The molecule has 1 aromatic heterocycles. The molecule has 0 spiro atoms. The van der Waals surface area contributed by atoms with Gasteiger partial charge in [-0.3, -0.25) is 0 Å². The van der Waals surface area contributed by atoms with Crippen LogP contribution < -0.4 is 5.32 Å². The lowest BCUT2D eigenvalue weighted by molar-refractivity contribution is 0.210. The second kappa shape index (κ2) is 7.85. The molecule has 8 heteroatoms. The zero-order valence-electron chi connectivity index (χ0n) is 13.2. The maximum atomic E-state index is 11.6. The number of hydrogen-bond acceptors (Lipinski definition) is 6. The van der Waals surface area contributed by atoms with Crippen LogP contribution in [0.15, 0.2) is 12.1 Å². The van der Waals surface area contributed by atoms with Crippen molar-refractivity contribution >= 4 is 15.8 Å². The molecule has 0 aromatic carbocycles. The number of piperidine rings is 1. The van der Waals surface area contributed by atoms with Crippen LogP contribution in [0.4, 0.5) is 5.82 Å². The number of nitrogens with one attached hydrogen (secondary N) is 1. The van der Waals surface area contributed by atoms with Crippen LogP contribution in [-0.4, -0.2) is 62.5 Å². The van der Waals surface area contributed by atoms with Crippen molar-refractivity contribution < 1.29 is 13.2 Å². The molecule has 22 heavy (non-hydrogen) atoms. The van der Waals surface area contributed by atoms with Crippen molar-refractivity contribution in [2.75, 3.05) is 44.9 Å². The van der Waals surface area contributed by atoms with E-state index in [0.717, 1.165) is 30.8 Å². The molecule has 2 heterocycles. The van der Waals surface area contributed by atoms with E-state index >= 15 is 0 Å². The van der Waals surface area contributed by atoms with Crippen LogP contribution in [0.2, 0.25) is 0 Å². The van der Waals surface area contributed by atoms with E-state index in [0.29, 0.717) is 32.2 Å². The number of anilines is 1. The van der Waals surface area contributed by atoms with Crippen LogP contribution in [0, 0.1) is 5.92 Å². The summed E-state index contributed by atoms with van der Waals surface area (Å²) in [5.41, 5.74) is 0.901. The summed E-state index contributed by atoms with van der Waals surface area (Å²) < 4.78 is 29.8. The average Bonchev–Trinajstić information content (AvgIpc) is 2.49. The molecule has 1 unspecified atom stereocenters. The van der Waals surface area contributed by atoms with Crippen molar-refractivity contribution in [3.8, 4) is 0 Å². The fourth-order valence-corrected chi connectivity index (χ4v) is 3.58. The minimum Gasteiger partial charge on any atom is -0.383 e. The van der Waals surface area contributed by atoms with E-state index < -0.39 is 10.0 Å². The molecule has 1 aliphatic heterocycles. The monoisotopic (exact) mass is 328 g/mol. The van der Waals surface area contributed by atoms with Gasteiger partial charge in [-0.05, 0) is 37.3 Å². The lowest BCUT2D eigenvalue weighted by Gasteiger charge is -2.30. The van der Waals surface area contributed by atoms with Crippen molar-refractivity contribution in [2.45, 2.75) is 19.3 Å². The Morgan fingerprint density at radius 2 is 2.23 bits per heavy atom. The largest absolute Gasteiger partial charge is 0.383 e. The van der Waals surface area contributed by atoms with Gasteiger partial charge >= 0.3 is 0 Å². The molecular formula is C14H24N4O3S. The molecule has 2 rings (SSSR count). The summed E-state index contributed by atoms with van der Waals surface area (Å²) in [6.07, 6.45) is 3.97. The minimum atomic E-state index is -3.10. The van der Waals surface area contributed by atoms with E-state index in [9.17, 15) is 8.42 Å². The van der Waals surface area contributed by atoms with Crippen LogP contribution in [0.3, 0.4) is 0 Å². The molecule has 0 aliphatic carbocycles. The standard InChI is InChI=1S/C14H24N4O3S/c1-21-9-7-15-14-6-5-13(16-17-14)10-12-4-3-8-18(11-12)22(2,19)20/h5-6,12H,3-4,7-11H2,1-2H3,(H,15,17). The molecule has 124 valence electrons. The van der Waals surface area contributed by atoms with Gasteiger partial charge in [-0.25, -0.2) is 12.7 Å². The summed E-state index contributed by atoms with van der Waals surface area (Å²) in [4.78, 5) is 0. The highest BCUT2D eigenvalue weighted by Crippen LogP contribution is 2.21. The van der Waals surface area contributed by atoms with Crippen molar-refractivity contribution in [1.82, 2.24) is 14.5 Å². The topological polar surface area (TPSA) is 84.4 Å². The van der Waals surface area contributed by atoms with Crippen LogP contribution in [0.1, 0.15) is 18.5 Å². The number of nitrogens with zero attached hydrogens (tertiary/aromatic N) is 3. The van der Waals surface area contributed by atoms with Gasteiger partial charge in [-0.1, -0.05) is 0 Å². The molecule has 0 saturated carbocycles.